The first-order chi connectivity index (χ1) is 7.70. The molecule has 0 aliphatic carbocycles. The van der Waals surface area contributed by atoms with Crippen LogP contribution in [0.4, 0.5) is 0 Å². The molecule has 2 atom stereocenters. The summed E-state index contributed by atoms with van der Waals surface area (Å²) in [5.74, 6) is 5.31. The van der Waals surface area contributed by atoms with Crippen LogP contribution >= 0.6 is 0 Å². The molecule has 0 saturated heterocycles. The summed E-state index contributed by atoms with van der Waals surface area (Å²) in [5, 5.41) is 6.54. The third-order valence-corrected chi connectivity index (χ3v) is 2.50. The minimum absolute atomic E-state index is 0.193. The quantitative estimate of drug-likeness (QED) is 0.457. The number of hydrogen-bond donors (Lipinski definition) is 2. The van der Waals surface area contributed by atoms with E-state index in [0.29, 0.717) is 0 Å². The van der Waals surface area contributed by atoms with Gasteiger partial charge in [0.2, 0.25) is 0 Å². The van der Waals surface area contributed by atoms with Crippen molar-refractivity contribution in [2.75, 3.05) is 13.1 Å². The van der Waals surface area contributed by atoms with Gasteiger partial charge in [0.1, 0.15) is 0 Å². The van der Waals surface area contributed by atoms with Gasteiger partial charge in [-0.15, -0.1) is 12.8 Å². The molecular weight excluding hydrogens is 196 g/mol. The molecule has 0 rings (SSSR count). The number of hydrogen-bond acceptors (Lipinski definition) is 2. The van der Waals surface area contributed by atoms with Crippen molar-refractivity contribution in [3.63, 3.8) is 0 Å². The lowest BCUT2D eigenvalue weighted by molar-refractivity contribution is 0.546. The van der Waals surface area contributed by atoms with E-state index in [2.05, 4.69) is 22.5 Å². The lowest BCUT2D eigenvalue weighted by atomic mass is 10.2. The summed E-state index contributed by atoms with van der Waals surface area (Å²) in [5.41, 5.74) is 0. The Kier molecular flexibility index (Phi) is 9.92. The normalized spacial score (nSPS) is 13.8. The van der Waals surface area contributed by atoms with Gasteiger partial charge in [-0.25, -0.2) is 0 Å². The second-order valence-electron chi connectivity index (χ2n) is 4.10. The van der Waals surface area contributed by atoms with E-state index in [1.54, 1.807) is 0 Å². The topological polar surface area (TPSA) is 24.1 Å². The Morgan fingerprint density at radius 2 is 1.19 bits per heavy atom. The average molecular weight is 220 g/mol. The van der Waals surface area contributed by atoms with Crippen molar-refractivity contribution in [1.82, 2.24) is 10.6 Å². The van der Waals surface area contributed by atoms with Crippen LogP contribution in [0.5, 0.6) is 0 Å². The van der Waals surface area contributed by atoms with Crippen LogP contribution in [0.3, 0.4) is 0 Å². The van der Waals surface area contributed by atoms with Crippen LogP contribution in [0.15, 0.2) is 0 Å². The predicted molar refractivity (Wildman–Crippen MR) is 71.1 cm³/mol. The highest BCUT2D eigenvalue weighted by Crippen LogP contribution is 1.98. The molecule has 0 aromatic rings. The number of unbranched alkanes of at least 4 members (excludes halogenated alkanes) is 3. The lowest BCUT2D eigenvalue weighted by Gasteiger charge is -2.08. The summed E-state index contributed by atoms with van der Waals surface area (Å²) in [6.45, 7) is 6.04. The molecule has 2 unspecified atom stereocenters. The van der Waals surface area contributed by atoms with Crippen LogP contribution in [0.1, 0.15) is 39.5 Å². The maximum absolute atomic E-state index is 5.26. The van der Waals surface area contributed by atoms with E-state index in [1.165, 1.54) is 25.7 Å². The summed E-state index contributed by atoms with van der Waals surface area (Å²) >= 11 is 0. The molecule has 0 radical (unpaired) electrons. The molecule has 16 heavy (non-hydrogen) atoms. The van der Waals surface area contributed by atoms with Gasteiger partial charge in [0.25, 0.3) is 0 Å². The molecule has 0 saturated carbocycles. The smallest absolute Gasteiger partial charge is 0.0658 e. The van der Waals surface area contributed by atoms with E-state index in [0.717, 1.165) is 13.1 Å². The van der Waals surface area contributed by atoms with Crippen molar-refractivity contribution in [3.8, 4) is 24.7 Å². The monoisotopic (exact) mass is 220 g/mol. The van der Waals surface area contributed by atoms with Crippen LogP contribution in [0.25, 0.3) is 0 Å². The first-order valence-corrected chi connectivity index (χ1v) is 6.09. The molecule has 2 N–H and O–H groups in total. The summed E-state index contributed by atoms with van der Waals surface area (Å²) in [4.78, 5) is 0. The van der Waals surface area contributed by atoms with Crippen LogP contribution in [0, 0.1) is 24.7 Å². The minimum atomic E-state index is 0.193. The van der Waals surface area contributed by atoms with Crippen molar-refractivity contribution in [3.05, 3.63) is 0 Å². The van der Waals surface area contributed by atoms with Gasteiger partial charge in [-0.2, -0.15) is 0 Å². The molecule has 0 amide bonds. The minimum Gasteiger partial charge on any atom is -0.304 e. The van der Waals surface area contributed by atoms with Crippen molar-refractivity contribution in [2.45, 2.75) is 51.6 Å². The van der Waals surface area contributed by atoms with Crippen LogP contribution in [0.2, 0.25) is 0 Å². The molecule has 0 bridgehead atoms. The zero-order valence-corrected chi connectivity index (χ0v) is 10.6. The Bertz CT molecular complexity index is 208. The first kappa shape index (κ1) is 15.0. The molecule has 2 nitrogen and oxygen atoms in total. The maximum Gasteiger partial charge on any atom is 0.0658 e. The summed E-state index contributed by atoms with van der Waals surface area (Å²) in [7, 11) is 0. The largest absolute Gasteiger partial charge is 0.304 e. The highest BCUT2D eigenvalue weighted by atomic mass is 14.9. The average Bonchev–Trinajstić information content (AvgIpc) is 2.31. The standard InChI is InChI=1S/C14H24N2/c1-5-13(3)15-11-9-7-8-10-12-16-14(4)6-2/h1-2,13-16H,7-12H2,3-4H3. The van der Waals surface area contributed by atoms with Crippen molar-refractivity contribution in [2.24, 2.45) is 0 Å². The summed E-state index contributed by atoms with van der Waals surface area (Å²) < 4.78 is 0. The van der Waals surface area contributed by atoms with Gasteiger partial charge in [0.05, 0.1) is 12.1 Å². The zero-order valence-electron chi connectivity index (χ0n) is 10.6. The van der Waals surface area contributed by atoms with Crippen molar-refractivity contribution < 1.29 is 0 Å². The summed E-state index contributed by atoms with van der Waals surface area (Å²) in [6, 6.07) is 0.385. The molecule has 0 aliphatic rings. The van der Waals surface area contributed by atoms with E-state index in [9.17, 15) is 0 Å². The highest BCUT2D eigenvalue weighted by Gasteiger charge is 1.96. The Labute approximate surface area is 101 Å². The SMILES string of the molecule is C#CC(C)NCCCCCCNC(C)C#C. The Hall–Kier alpha value is -0.960. The predicted octanol–water partition coefficient (Wildman–Crippen LogP) is 1.77. The van der Waals surface area contributed by atoms with E-state index in [1.807, 2.05) is 13.8 Å². The van der Waals surface area contributed by atoms with Crippen molar-refractivity contribution in [1.29, 1.82) is 0 Å². The summed E-state index contributed by atoms with van der Waals surface area (Å²) in [6.07, 6.45) is 15.4. The number of terminal acetylenes is 2. The van der Waals surface area contributed by atoms with Gasteiger partial charge >= 0.3 is 0 Å². The van der Waals surface area contributed by atoms with E-state index >= 15 is 0 Å². The number of rotatable bonds is 9. The Morgan fingerprint density at radius 3 is 1.50 bits per heavy atom. The van der Waals surface area contributed by atoms with E-state index in [4.69, 9.17) is 12.8 Å². The fraction of sp³-hybridized carbons (Fsp3) is 0.714. The lowest BCUT2D eigenvalue weighted by Crippen LogP contribution is -2.26. The Balaban J connectivity index is 3.11. The third-order valence-electron chi connectivity index (χ3n) is 2.50. The molecule has 0 aromatic heterocycles. The molecule has 0 aliphatic heterocycles. The first-order valence-electron chi connectivity index (χ1n) is 6.09. The molecule has 0 heterocycles. The fourth-order valence-corrected chi connectivity index (χ4v) is 1.36. The van der Waals surface area contributed by atoms with Crippen LogP contribution in [-0.4, -0.2) is 25.2 Å². The van der Waals surface area contributed by atoms with Gasteiger partial charge in [-0.05, 0) is 39.8 Å². The second kappa shape index (κ2) is 10.6. The highest BCUT2D eigenvalue weighted by molar-refractivity contribution is 4.95. The van der Waals surface area contributed by atoms with Gasteiger partial charge in [-0.1, -0.05) is 24.7 Å². The van der Waals surface area contributed by atoms with Crippen molar-refractivity contribution >= 4 is 0 Å². The second-order valence-corrected chi connectivity index (χ2v) is 4.10. The number of nitrogens with one attached hydrogen (secondary N) is 2. The fourth-order valence-electron chi connectivity index (χ4n) is 1.36. The molecule has 0 aromatic carbocycles. The van der Waals surface area contributed by atoms with E-state index in [-0.39, 0.29) is 12.1 Å². The molecular formula is C14H24N2. The van der Waals surface area contributed by atoms with Gasteiger partial charge in [0.15, 0.2) is 0 Å². The molecule has 0 spiro atoms. The van der Waals surface area contributed by atoms with Gasteiger partial charge < -0.3 is 10.6 Å². The van der Waals surface area contributed by atoms with Gasteiger partial charge in [-0.3, -0.25) is 0 Å². The maximum atomic E-state index is 5.26. The molecule has 90 valence electrons. The molecule has 0 fully saturated rings. The van der Waals surface area contributed by atoms with Crippen LogP contribution < -0.4 is 10.6 Å². The zero-order chi connectivity index (χ0) is 12.2. The molecule has 2 heteroatoms. The third kappa shape index (κ3) is 9.59. The van der Waals surface area contributed by atoms with E-state index < -0.39 is 0 Å². The van der Waals surface area contributed by atoms with Crippen LogP contribution in [-0.2, 0) is 0 Å². The van der Waals surface area contributed by atoms with Gasteiger partial charge in [0, 0.05) is 0 Å². The Morgan fingerprint density at radius 1 is 0.812 bits per heavy atom.